The van der Waals surface area contributed by atoms with Gasteiger partial charge >= 0.3 is 0 Å². The fourth-order valence-electron chi connectivity index (χ4n) is 3.08. The van der Waals surface area contributed by atoms with Gasteiger partial charge in [0, 0.05) is 17.5 Å². The Morgan fingerprint density at radius 2 is 1.56 bits per heavy atom. The highest BCUT2D eigenvalue weighted by Gasteiger charge is 2.33. The van der Waals surface area contributed by atoms with Gasteiger partial charge in [-0.1, -0.05) is 42.5 Å². The second-order valence-electron chi connectivity index (χ2n) is 5.96. The molecule has 1 fully saturated rings. The Balaban J connectivity index is 0.00000113. The molecule has 3 aromatic rings. The van der Waals surface area contributed by atoms with Crippen molar-refractivity contribution in [2.45, 2.75) is 24.8 Å². The SMILES string of the molecule is Cl.Cl.NC1CC(c2nnc(-c3ccccc3)n2-c2ccccc2F)C1. The van der Waals surface area contributed by atoms with E-state index < -0.39 is 0 Å². The lowest BCUT2D eigenvalue weighted by Crippen LogP contribution is -2.36. The second kappa shape index (κ2) is 7.95. The molecule has 7 heteroatoms. The van der Waals surface area contributed by atoms with E-state index in [9.17, 15) is 4.39 Å². The molecule has 0 aliphatic heterocycles. The van der Waals surface area contributed by atoms with Crippen molar-refractivity contribution in [3.63, 3.8) is 0 Å². The Labute approximate surface area is 158 Å². The van der Waals surface area contributed by atoms with Crippen LogP contribution in [0.3, 0.4) is 0 Å². The molecule has 25 heavy (non-hydrogen) atoms. The number of nitrogens with zero attached hydrogens (tertiary/aromatic N) is 3. The molecule has 2 aromatic carbocycles. The number of nitrogens with two attached hydrogens (primary N) is 1. The Morgan fingerprint density at radius 3 is 2.20 bits per heavy atom. The Morgan fingerprint density at radius 1 is 0.920 bits per heavy atom. The molecule has 0 radical (unpaired) electrons. The van der Waals surface area contributed by atoms with E-state index >= 15 is 0 Å². The van der Waals surface area contributed by atoms with Gasteiger partial charge in [0.25, 0.3) is 0 Å². The maximum Gasteiger partial charge on any atom is 0.168 e. The van der Waals surface area contributed by atoms with E-state index in [0.29, 0.717) is 11.5 Å². The van der Waals surface area contributed by atoms with Crippen LogP contribution in [0.15, 0.2) is 54.6 Å². The minimum atomic E-state index is -0.283. The lowest BCUT2D eigenvalue weighted by molar-refractivity contribution is 0.334. The monoisotopic (exact) mass is 380 g/mol. The third-order valence-corrected chi connectivity index (χ3v) is 4.35. The summed E-state index contributed by atoms with van der Waals surface area (Å²) < 4.78 is 16.2. The molecule has 1 aromatic heterocycles. The van der Waals surface area contributed by atoms with Gasteiger partial charge in [-0.3, -0.25) is 4.57 Å². The summed E-state index contributed by atoms with van der Waals surface area (Å²) in [4.78, 5) is 0. The van der Waals surface area contributed by atoms with Crippen molar-refractivity contribution in [2.75, 3.05) is 0 Å². The number of benzene rings is 2. The van der Waals surface area contributed by atoms with E-state index in [4.69, 9.17) is 5.73 Å². The van der Waals surface area contributed by atoms with Crippen molar-refractivity contribution in [1.82, 2.24) is 14.8 Å². The molecule has 0 unspecified atom stereocenters. The van der Waals surface area contributed by atoms with Gasteiger partial charge in [-0.05, 0) is 25.0 Å². The lowest BCUT2D eigenvalue weighted by Gasteiger charge is -2.31. The molecule has 1 aliphatic rings. The van der Waals surface area contributed by atoms with E-state index in [1.807, 2.05) is 41.0 Å². The first kappa shape index (κ1) is 19.4. The van der Waals surface area contributed by atoms with Crippen LogP contribution in [0.25, 0.3) is 17.1 Å². The fourth-order valence-corrected chi connectivity index (χ4v) is 3.08. The molecule has 0 bridgehead atoms. The van der Waals surface area contributed by atoms with Crippen LogP contribution in [0.1, 0.15) is 24.6 Å². The average Bonchev–Trinajstić information content (AvgIpc) is 2.97. The molecule has 4 rings (SSSR count). The number of hydrogen-bond donors (Lipinski definition) is 1. The fraction of sp³-hybridized carbons (Fsp3) is 0.222. The van der Waals surface area contributed by atoms with Crippen molar-refractivity contribution in [3.8, 4) is 17.1 Å². The molecule has 132 valence electrons. The summed E-state index contributed by atoms with van der Waals surface area (Å²) in [6.45, 7) is 0. The maximum atomic E-state index is 14.4. The predicted octanol–water partition coefficient (Wildman–Crippen LogP) is 4.12. The molecular weight excluding hydrogens is 362 g/mol. The summed E-state index contributed by atoms with van der Waals surface area (Å²) in [7, 11) is 0. The van der Waals surface area contributed by atoms with Crippen LogP contribution in [-0.4, -0.2) is 20.8 Å². The van der Waals surface area contributed by atoms with Gasteiger partial charge in [-0.2, -0.15) is 0 Å². The third kappa shape index (κ3) is 3.54. The van der Waals surface area contributed by atoms with Crippen LogP contribution in [-0.2, 0) is 0 Å². The van der Waals surface area contributed by atoms with Crippen LogP contribution in [0.4, 0.5) is 4.39 Å². The van der Waals surface area contributed by atoms with Gasteiger partial charge in [0.15, 0.2) is 5.82 Å². The third-order valence-electron chi connectivity index (χ3n) is 4.35. The van der Waals surface area contributed by atoms with Gasteiger partial charge in [0.1, 0.15) is 11.6 Å². The average molecular weight is 381 g/mol. The summed E-state index contributed by atoms with van der Waals surface area (Å²) in [5, 5.41) is 8.69. The number of rotatable bonds is 3. The van der Waals surface area contributed by atoms with Crippen molar-refractivity contribution in [2.24, 2.45) is 5.73 Å². The summed E-state index contributed by atoms with van der Waals surface area (Å²) >= 11 is 0. The van der Waals surface area contributed by atoms with Gasteiger partial charge in [0.2, 0.25) is 0 Å². The summed E-state index contributed by atoms with van der Waals surface area (Å²) in [5.74, 6) is 1.39. The molecular formula is C18H19Cl2FN4. The van der Waals surface area contributed by atoms with Crippen LogP contribution >= 0.6 is 24.8 Å². The highest BCUT2D eigenvalue weighted by atomic mass is 35.5. The Kier molecular flexibility index (Phi) is 6.16. The second-order valence-corrected chi connectivity index (χ2v) is 5.96. The zero-order valence-electron chi connectivity index (χ0n) is 13.4. The molecule has 1 heterocycles. The van der Waals surface area contributed by atoms with Gasteiger partial charge in [-0.15, -0.1) is 35.0 Å². The lowest BCUT2D eigenvalue weighted by atomic mass is 9.80. The number of hydrogen-bond acceptors (Lipinski definition) is 3. The van der Waals surface area contributed by atoms with Gasteiger partial charge in [0.05, 0.1) is 5.69 Å². The number of aromatic nitrogens is 3. The molecule has 0 amide bonds. The molecule has 2 N–H and O–H groups in total. The largest absolute Gasteiger partial charge is 0.328 e. The first-order chi connectivity index (χ1) is 11.2. The van der Waals surface area contributed by atoms with Crippen LogP contribution < -0.4 is 5.73 Å². The van der Waals surface area contributed by atoms with E-state index in [-0.39, 0.29) is 42.6 Å². The van der Waals surface area contributed by atoms with Crippen LogP contribution in [0.5, 0.6) is 0 Å². The minimum absolute atomic E-state index is 0. The van der Waals surface area contributed by atoms with Crippen molar-refractivity contribution in [1.29, 1.82) is 0 Å². The number of halogens is 3. The van der Waals surface area contributed by atoms with Crippen molar-refractivity contribution < 1.29 is 4.39 Å². The molecule has 0 spiro atoms. The predicted molar refractivity (Wildman–Crippen MR) is 101 cm³/mol. The zero-order chi connectivity index (χ0) is 15.8. The van der Waals surface area contributed by atoms with Gasteiger partial charge in [-0.25, -0.2) is 4.39 Å². The molecule has 0 saturated heterocycles. The van der Waals surface area contributed by atoms with Crippen LogP contribution in [0, 0.1) is 5.82 Å². The van der Waals surface area contributed by atoms with E-state index in [2.05, 4.69) is 10.2 Å². The van der Waals surface area contributed by atoms with Crippen molar-refractivity contribution >= 4 is 24.8 Å². The standard InChI is InChI=1S/C18H17FN4.2ClH/c19-15-8-4-5-9-16(15)23-17(12-6-2-1-3-7-12)21-22-18(23)13-10-14(20)11-13;;/h1-9,13-14H,10-11,20H2;2*1H. The first-order valence-electron chi connectivity index (χ1n) is 7.75. The smallest absolute Gasteiger partial charge is 0.168 e. The van der Waals surface area contributed by atoms with E-state index in [1.165, 1.54) is 6.07 Å². The molecule has 1 aliphatic carbocycles. The summed E-state index contributed by atoms with van der Waals surface area (Å²) in [6.07, 6.45) is 1.72. The summed E-state index contributed by atoms with van der Waals surface area (Å²) in [5.41, 5.74) is 7.30. The molecule has 0 atom stereocenters. The highest BCUT2D eigenvalue weighted by Crippen LogP contribution is 2.37. The van der Waals surface area contributed by atoms with E-state index in [0.717, 1.165) is 24.2 Å². The first-order valence-corrected chi connectivity index (χ1v) is 7.75. The zero-order valence-corrected chi connectivity index (χ0v) is 15.0. The van der Waals surface area contributed by atoms with E-state index in [1.54, 1.807) is 12.1 Å². The normalized spacial score (nSPS) is 18.6. The van der Waals surface area contributed by atoms with Crippen molar-refractivity contribution in [3.05, 3.63) is 66.2 Å². The maximum absolute atomic E-state index is 14.4. The topological polar surface area (TPSA) is 56.7 Å². The van der Waals surface area contributed by atoms with Crippen LogP contribution in [0.2, 0.25) is 0 Å². The van der Waals surface area contributed by atoms with Gasteiger partial charge < -0.3 is 5.73 Å². The number of para-hydroxylation sites is 1. The highest BCUT2D eigenvalue weighted by molar-refractivity contribution is 5.85. The Hall–Kier alpha value is -1.95. The quantitative estimate of drug-likeness (QED) is 0.743. The minimum Gasteiger partial charge on any atom is -0.328 e. The molecule has 4 nitrogen and oxygen atoms in total. The molecule has 1 saturated carbocycles. The summed E-state index contributed by atoms with van der Waals surface area (Å²) in [6, 6.07) is 16.7. The Bertz CT molecular complexity index is 832.